The van der Waals surface area contributed by atoms with E-state index in [4.69, 9.17) is 9.47 Å². The molecule has 3 N–H and O–H groups in total. The van der Waals surface area contributed by atoms with Crippen LogP contribution in [-0.4, -0.2) is 41.3 Å². The molecule has 2 aromatic carbocycles. The Labute approximate surface area is 206 Å². The van der Waals surface area contributed by atoms with Gasteiger partial charge in [0.2, 0.25) is 5.91 Å². The Hall–Kier alpha value is -3.55. The lowest BCUT2D eigenvalue weighted by Crippen LogP contribution is -2.62. The Balaban J connectivity index is 1.71. The number of nitrogens with one attached hydrogen (secondary N) is 2. The summed E-state index contributed by atoms with van der Waals surface area (Å²) in [6, 6.07) is 14.8. The summed E-state index contributed by atoms with van der Waals surface area (Å²) >= 11 is 0. The number of hydrogen-bond acceptors (Lipinski definition) is 6. The third kappa shape index (κ3) is 7.73. The van der Waals surface area contributed by atoms with Crippen molar-refractivity contribution in [1.29, 1.82) is 0 Å². The second kappa shape index (κ2) is 12.8. The van der Waals surface area contributed by atoms with Crippen molar-refractivity contribution in [3.8, 4) is 5.75 Å². The lowest BCUT2D eigenvalue weighted by Gasteiger charge is -2.37. The summed E-state index contributed by atoms with van der Waals surface area (Å²) in [5.41, 5.74) is 0.441. The first-order valence-corrected chi connectivity index (χ1v) is 12.2. The first-order valence-electron chi connectivity index (χ1n) is 12.2. The minimum absolute atomic E-state index is 0.0944. The van der Waals surface area contributed by atoms with Crippen molar-refractivity contribution in [2.75, 3.05) is 6.61 Å². The lowest BCUT2D eigenvalue weighted by atomic mass is 9.80. The van der Waals surface area contributed by atoms with E-state index in [1.165, 1.54) is 12.1 Å². The van der Waals surface area contributed by atoms with Crippen LogP contribution in [0, 0.1) is 0 Å². The Morgan fingerprint density at radius 1 is 0.943 bits per heavy atom. The molecule has 3 rings (SSSR count). The molecule has 8 heteroatoms. The number of ether oxygens (including phenoxy) is 2. The predicted octanol–water partition coefficient (Wildman–Crippen LogP) is 4.00. The monoisotopic (exact) mass is 482 g/mol. The number of benzene rings is 2. The molecule has 1 aliphatic carbocycles. The summed E-state index contributed by atoms with van der Waals surface area (Å²) in [6.07, 6.45) is 3.60. The van der Waals surface area contributed by atoms with Crippen LogP contribution < -0.4 is 10.6 Å². The number of carbonyl (C=O) groups is 3. The van der Waals surface area contributed by atoms with Crippen molar-refractivity contribution in [3.63, 3.8) is 0 Å². The van der Waals surface area contributed by atoms with Crippen LogP contribution in [0.3, 0.4) is 0 Å². The standard InChI is InChI=1S/C27H34N2O6/c1-2-17-34-24(31)23(18-20-11-13-22(30)14-12-20)28-25(32)27(15-7-4-8-16-27)29-26(33)35-19-21-9-5-3-6-10-21/h3,5-6,9-14,23,30H,2,4,7-8,15-19H2,1H3,(H,28,32)(H,29,33)/t23-/m0/s1. The molecule has 2 amide bonds. The first kappa shape index (κ1) is 26.1. The maximum atomic E-state index is 13.5. The molecule has 0 radical (unpaired) electrons. The van der Waals surface area contributed by atoms with Gasteiger partial charge in [0.05, 0.1) is 6.61 Å². The topological polar surface area (TPSA) is 114 Å². The highest BCUT2D eigenvalue weighted by molar-refractivity contribution is 5.93. The number of amides is 2. The highest BCUT2D eigenvalue weighted by atomic mass is 16.5. The van der Waals surface area contributed by atoms with Crippen molar-refractivity contribution < 1.29 is 29.0 Å². The molecule has 2 aromatic rings. The number of aromatic hydroxyl groups is 1. The van der Waals surface area contributed by atoms with Crippen molar-refractivity contribution >= 4 is 18.0 Å². The van der Waals surface area contributed by atoms with Crippen molar-refractivity contribution in [2.45, 2.75) is 70.1 Å². The molecule has 1 saturated carbocycles. The number of hydrogen-bond donors (Lipinski definition) is 3. The van der Waals surface area contributed by atoms with E-state index in [-0.39, 0.29) is 25.4 Å². The van der Waals surface area contributed by atoms with Gasteiger partial charge in [0, 0.05) is 6.42 Å². The van der Waals surface area contributed by atoms with Gasteiger partial charge < -0.3 is 25.2 Å². The number of carbonyl (C=O) groups excluding carboxylic acids is 3. The maximum Gasteiger partial charge on any atom is 0.408 e. The van der Waals surface area contributed by atoms with Gasteiger partial charge >= 0.3 is 12.1 Å². The maximum absolute atomic E-state index is 13.5. The van der Waals surface area contributed by atoms with Gasteiger partial charge in [-0.25, -0.2) is 9.59 Å². The molecular weight excluding hydrogens is 448 g/mol. The molecule has 0 aromatic heterocycles. The summed E-state index contributed by atoms with van der Waals surface area (Å²) in [5, 5.41) is 15.2. The lowest BCUT2D eigenvalue weighted by molar-refractivity contribution is -0.148. The van der Waals surface area contributed by atoms with Crippen LogP contribution in [0.5, 0.6) is 5.75 Å². The minimum atomic E-state index is -1.16. The van der Waals surface area contributed by atoms with Crippen LogP contribution in [0.1, 0.15) is 56.6 Å². The molecular formula is C27H34N2O6. The fraction of sp³-hybridized carbons (Fsp3) is 0.444. The Bertz CT molecular complexity index is 971. The second-order valence-corrected chi connectivity index (χ2v) is 8.89. The normalized spacial score (nSPS) is 15.5. The SMILES string of the molecule is CCCOC(=O)[C@H](Cc1ccc(O)cc1)NC(=O)C1(NC(=O)OCc2ccccc2)CCCCC1. The first-order chi connectivity index (χ1) is 16.9. The Morgan fingerprint density at radius 2 is 1.63 bits per heavy atom. The number of phenols is 1. The zero-order valence-corrected chi connectivity index (χ0v) is 20.1. The Morgan fingerprint density at radius 3 is 2.29 bits per heavy atom. The number of alkyl carbamates (subject to hydrolysis) is 1. The van der Waals surface area contributed by atoms with Gasteiger partial charge in [-0.15, -0.1) is 0 Å². The molecule has 1 atom stereocenters. The van der Waals surface area contributed by atoms with Crippen LogP contribution in [0.4, 0.5) is 4.79 Å². The number of esters is 1. The quantitative estimate of drug-likeness (QED) is 0.441. The van der Waals surface area contributed by atoms with E-state index in [9.17, 15) is 19.5 Å². The van der Waals surface area contributed by atoms with Crippen molar-refractivity contribution in [3.05, 3.63) is 65.7 Å². The zero-order valence-electron chi connectivity index (χ0n) is 20.1. The average molecular weight is 483 g/mol. The van der Waals surface area contributed by atoms with E-state index >= 15 is 0 Å². The van der Waals surface area contributed by atoms with E-state index in [1.807, 2.05) is 37.3 Å². The minimum Gasteiger partial charge on any atom is -0.508 e. The highest BCUT2D eigenvalue weighted by Crippen LogP contribution is 2.29. The molecule has 0 bridgehead atoms. The molecule has 35 heavy (non-hydrogen) atoms. The zero-order chi connectivity index (χ0) is 25.1. The number of phenolic OH excluding ortho intramolecular Hbond substituents is 1. The summed E-state index contributed by atoms with van der Waals surface area (Å²) in [6.45, 7) is 2.23. The summed E-state index contributed by atoms with van der Waals surface area (Å²) in [4.78, 5) is 39.0. The van der Waals surface area contributed by atoms with Gasteiger partial charge in [0.15, 0.2) is 0 Å². The molecule has 0 saturated heterocycles. The summed E-state index contributed by atoms with van der Waals surface area (Å²) in [5.74, 6) is -0.848. The fourth-order valence-electron chi connectivity index (χ4n) is 4.18. The van der Waals surface area contributed by atoms with Gasteiger partial charge in [0.1, 0.15) is 23.9 Å². The van der Waals surface area contributed by atoms with E-state index < -0.39 is 29.6 Å². The summed E-state index contributed by atoms with van der Waals surface area (Å²) in [7, 11) is 0. The van der Waals surface area contributed by atoms with Gasteiger partial charge in [0.25, 0.3) is 0 Å². The van der Waals surface area contributed by atoms with Crippen LogP contribution in [0.25, 0.3) is 0 Å². The highest BCUT2D eigenvalue weighted by Gasteiger charge is 2.43. The fourth-order valence-corrected chi connectivity index (χ4v) is 4.18. The van der Waals surface area contributed by atoms with Gasteiger partial charge in [-0.3, -0.25) is 4.79 Å². The smallest absolute Gasteiger partial charge is 0.408 e. The predicted molar refractivity (Wildman–Crippen MR) is 131 cm³/mol. The van der Waals surface area contributed by atoms with Crippen LogP contribution in [0.15, 0.2) is 54.6 Å². The second-order valence-electron chi connectivity index (χ2n) is 8.89. The van der Waals surface area contributed by atoms with Crippen LogP contribution >= 0.6 is 0 Å². The van der Waals surface area contributed by atoms with Crippen LogP contribution in [-0.2, 0) is 32.1 Å². The molecule has 0 unspecified atom stereocenters. The third-order valence-corrected chi connectivity index (χ3v) is 6.11. The van der Waals surface area contributed by atoms with E-state index in [2.05, 4.69) is 10.6 Å². The van der Waals surface area contributed by atoms with E-state index in [0.717, 1.165) is 30.4 Å². The average Bonchev–Trinajstić information content (AvgIpc) is 2.88. The number of rotatable bonds is 10. The molecule has 0 heterocycles. The largest absolute Gasteiger partial charge is 0.508 e. The Kier molecular flexibility index (Phi) is 9.52. The molecule has 8 nitrogen and oxygen atoms in total. The molecule has 1 fully saturated rings. The molecule has 188 valence electrons. The molecule has 1 aliphatic rings. The van der Waals surface area contributed by atoms with Crippen LogP contribution in [0.2, 0.25) is 0 Å². The van der Waals surface area contributed by atoms with Gasteiger partial charge in [-0.05, 0) is 42.5 Å². The summed E-state index contributed by atoms with van der Waals surface area (Å²) < 4.78 is 10.7. The van der Waals surface area contributed by atoms with E-state index in [0.29, 0.717) is 19.3 Å². The van der Waals surface area contributed by atoms with Crippen molar-refractivity contribution in [1.82, 2.24) is 10.6 Å². The molecule has 0 aliphatic heterocycles. The van der Waals surface area contributed by atoms with E-state index in [1.54, 1.807) is 12.1 Å². The van der Waals surface area contributed by atoms with Gasteiger partial charge in [-0.2, -0.15) is 0 Å². The van der Waals surface area contributed by atoms with Gasteiger partial charge in [-0.1, -0.05) is 68.7 Å². The third-order valence-electron chi connectivity index (χ3n) is 6.11. The van der Waals surface area contributed by atoms with Crippen molar-refractivity contribution in [2.24, 2.45) is 0 Å². The molecule has 0 spiro atoms.